The molecular formula is C29H23N3O3S2. The summed E-state index contributed by atoms with van der Waals surface area (Å²) in [5.74, 6) is 0. The van der Waals surface area contributed by atoms with Crippen molar-refractivity contribution in [2.45, 2.75) is 21.1 Å². The number of hydrogen-bond acceptors (Lipinski definition) is 5. The molecule has 4 aromatic carbocycles. The number of imidazole rings is 1. The maximum Gasteiger partial charge on any atom is 0.268 e. The third kappa shape index (κ3) is 4.03. The number of fused-ring (bicyclic) bond motifs is 3. The lowest BCUT2D eigenvalue weighted by Crippen LogP contribution is -2.13. The van der Waals surface area contributed by atoms with Gasteiger partial charge in [0, 0.05) is 22.7 Å². The highest BCUT2D eigenvalue weighted by atomic mass is 32.2. The molecule has 2 heterocycles. The van der Waals surface area contributed by atoms with Gasteiger partial charge in [-0.15, -0.1) is 0 Å². The monoisotopic (exact) mass is 525 g/mol. The number of aromatic nitrogens is 3. The molecule has 0 radical (unpaired) electrons. The van der Waals surface area contributed by atoms with Crippen molar-refractivity contribution in [3.63, 3.8) is 0 Å². The van der Waals surface area contributed by atoms with Crippen LogP contribution in [0.5, 0.6) is 0 Å². The van der Waals surface area contributed by atoms with E-state index in [1.165, 1.54) is 15.7 Å². The van der Waals surface area contributed by atoms with Crippen molar-refractivity contribution in [1.29, 1.82) is 0 Å². The Kier molecular flexibility index (Phi) is 5.87. The highest BCUT2D eigenvalue weighted by Gasteiger charge is 2.25. The van der Waals surface area contributed by atoms with Gasteiger partial charge < -0.3 is 9.67 Å². The Hall–Kier alpha value is -3.85. The van der Waals surface area contributed by atoms with Crippen LogP contribution >= 0.6 is 11.8 Å². The molecule has 8 heteroatoms. The number of hydrogen-bond donors (Lipinski definition) is 1. The van der Waals surface area contributed by atoms with E-state index in [9.17, 15) is 13.5 Å². The molecule has 6 rings (SSSR count). The van der Waals surface area contributed by atoms with Gasteiger partial charge in [-0.3, -0.25) is 0 Å². The van der Waals surface area contributed by atoms with Gasteiger partial charge in [0.15, 0.2) is 5.16 Å². The van der Waals surface area contributed by atoms with Crippen LogP contribution in [0.2, 0.25) is 0 Å². The van der Waals surface area contributed by atoms with Gasteiger partial charge in [0.05, 0.1) is 27.8 Å². The van der Waals surface area contributed by atoms with Gasteiger partial charge in [-0.2, -0.15) is 0 Å². The summed E-state index contributed by atoms with van der Waals surface area (Å²) in [7, 11) is -2.01. The molecule has 0 aliphatic rings. The summed E-state index contributed by atoms with van der Waals surface area (Å²) in [5.41, 5.74) is 2.31. The van der Waals surface area contributed by atoms with E-state index in [-0.39, 0.29) is 4.90 Å². The Balaban J connectivity index is 1.47. The summed E-state index contributed by atoms with van der Waals surface area (Å²) >= 11 is 1.51. The van der Waals surface area contributed by atoms with Crippen molar-refractivity contribution >= 4 is 43.6 Å². The average Bonchev–Trinajstić information content (AvgIpc) is 3.46. The lowest BCUT2D eigenvalue weighted by molar-refractivity contribution is 0.210. The summed E-state index contributed by atoms with van der Waals surface area (Å²) < 4.78 is 30.8. The third-order valence-corrected chi connectivity index (χ3v) is 9.28. The fourth-order valence-electron chi connectivity index (χ4n) is 4.60. The molecule has 2 aromatic heterocycles. The summed E-state index contributed by atoms with van der Waals surface area (Å²) in [6.07, 6.45) is 0.675. The van der Waals surface area contributed by atoms with Gasteiger partial charge in [0.1, 0.15) is 6.10 Å². The second-order valence-corrected chi connectivity index (χ2v) is 11.5. The first-order chi connectivity index (χ1) is 17.9. The van der Waals surface area contributed by atoms with Crippen LogP contribution < -0.4 is 0 Å². The Morgan fingerprint density at radius 2 is 1.46 bits per heavy atom. The summed E-state index contributed by atoms with van der Waals surface area (Å²) in [6, 6.07) is 31.3. The number of aliphatic hydroxyl groups excluding tert-OH is 1. The Morgan fingerprint density at radius 3 is 2.22 bits per heavy atom. The lowest BCUT2D eigenvalue weighted by Gasteiger charge is -2.14. The Labute approximate surface area is 218 Å². The van der Waals surface area contributed by atoms with Crippen LogP contribution in [0.15, 0.2) is 124 Å². The molecule has 6 aromatic rings. The molecule has 0 aliphatic carbocycles. The fraction of sp³-hybridized carbons (Fsp3) is 0.0690. The van der Waals surface area contributed by atoms with Crippen molar-refractivity contribution in [2.24, 2.45) is 7.05 Å². The fourth-order valence-corrected chi connectivity index (χ4v) is 6.99. The first-order valence-corrected chi connectivity index (χ1v) is 14.0. The molecule has 184 valence electrons. The van der Waals surface area contributed by atoms with Crippen LogP contribution in [0.4, 0.5) is 0 Å². The van der Waals surface area contributed by atoms with Crippen LogP contribution in [-0.4, -0.2) is 27.0 Å². The van der Waals surface area contributed by atoms with Crippen molar-refractivity contribution in [3.05, 3.63) is 121 Å². The molecule has 37 heavy (non-hydrogen) atoms. The summed E-state index contributed by atoms with van der Waals surface area (Å²) in [5, 5.41) is 13.8. The van der Waals surface area contributed by atoms with E-state index in [4.69, 9.17) is 0 Å². The van der Waals surface area contributed by atoms with E-state index in [2.05, 4.69) is 4.98 Å². The molecule has 1 unspecified atom stereocenters. The molecule has 1 N–H and O–H groups in total. The van der Waals surface area contributed by atoms with Crippen molar-refractivity contribution in [1.82, 2.24) is 13.5 Å². The van der Waals surface area contributed by atoms with Gasteiger partial charge in [0.25, 0.3) is 10.0 Å². The molecule has 0 spiro atoms. The highest BCUT2D eigenvalue weighted by Crippen LogP contribution is 2.36. The van der Waals surface area contributed by atoms with E-state index in [0.29, 0.717) is 22.3 Å². The van der Waals surface area contributed by atoms with Crippen LogP contribution in [0.1, 0.15) is 17.4 Å². The molecule has 0 amide bonds. The van der Waals surface area contributed by atoms with Gasteiger partial charge in [-0.05, 0) is 42.0 Å². The maximum atomic E-state index is 13.8. The molecular weight excluding hydrogens is 502 g/mol. The van der Waals surface area contributed by atoms with Crippen LogP contribution in [-0.2, 0) is 17.1 Å². The quantitative estimate of drug-likeness (QED) is 0.289. The van der Waals surface area contributed by atoms with E-state index >= 15 is 0 Å². The molecule has 0 saturated carbocycles. The van der Waals surface area contributed by atoms with Crippen LogP contribution in [0, 0.1) is 0 Å². The van der Waals surface area contributed by atoms with Gasteiger partial charge in [-0.25, -0.2) is 17.4 Å². The molecule has 0 saturated heterocycles. The van der Waals surface area contributed by atoms with Gasteiger partial charge in [0.2, 0.25) is 0 Å². The van der Waals surface area contributed by atoms with E-state index in [1.807, 2.05) is 72.3 Å². The van der Waals surface area contributed by atoms with Crippen LogP contribution in [0.3, 0.4) is 0 Å². The second kappa shape index (κ2) is 9.23. The number of rotatable bonds is 6. The van der Waals surface area contributed by atoms with Gasteiger partial charge >= 0.3 is 0 Å². The maximum absolute atomic E-state index is 13.8. The smallest absolute Gasteiger partial charge is 0.268 e. The van der Waals surface area contributed by atoms with Gasteiger partial charge in [-0.1, -0.05) is 78.5 Å². The standard InChI is InChI=1S/C29H23N3O3S2/c1-31-27(19-30-29(31)36-21-10-4-2-5-11-21)28(33)20-16-17-24-23-14-8-9-15-25(23)32(26(24)18-20)37(34,35)22-12-6-3-7-13-22/h2-19,28,33H,1H3. The minimum Gasteiger partial charge on any atom is -0.382 e. The third-order valence-electron chi connectivity index (χ3n) is 6.46. The molecule has 1 atom stereocenters. The SMILES string of the molecule is Cn1c(C(O)c2ccc3c4ccccc4n(S(=O)(=O)c4ccccc4)c3c2)cnc1Sc1ccccc1. The minimum atomic E-state index is -3.88. The number of aliphatic hydroxyl groups is 1. The van der Waals surface area contributed by atoms with E-state index in [1.54, 1.807) is 48.7 Å². The van der Waals surface area contributed by atoms with Crippen molar-refractivity contribution < 1.29 is 13.5 Å². The second-order valence-electron chi connectivity index (χ2n) is 8.72. The topological polar surface area (TPSA) is 77.1 Å². The zero-order chi connectivity index (χ0) is 25.6. The normalized spacial score (nSPS) is 12.8. The molecule has 0 fully saturated rings. The summed E-state index contributed by atoms with van der Waals surface area (Å²) in [4.78, 5) is 5.77. The average molecular weight is 526 g/mol. The molecule has 6 nitrogen and oxygen atoms in total. The first kappa shape index (κ1) is 23.5. The summed E-state index contributed by atoms with van der Waals surface area (Å²) in [6.45, 7) is 0. The zero-order valence-corrected chi connectivity index (χ0v) is 21.5. The van der Waals surface area contributed by atoms with E-state index in [0.717, 1.165) is 20.8 Å². The predicted molar refractivity (Wildman–Crippen MR) is 146 cm³/mol. The molecule has 0 bridgehead atoms. The minimum absolute atomic E-state index is 0.206. The van der Waals surface area contributed by atoms with Crippen molar-refractivity contribution in [2.75, 3.05) is 0 Å². The van der Waals surface area contributed by atoms with Crippen LogP contribution in [0.25, 0.3) is 21.8 Å². The Bertz CT molecular complexity index is 1840. The first-order valence-electron chi connectivity index (χ1n) is 11.7. The highest BCUT2D eigenvalue weighted by molar-refractivity contribution is 7.99. The van der Waals surface area contributed by atoms with Crippen molar-refractivity contribution in [3.8, 4) is 0 Å². The predicted octanol–water partition coefficient (Wildman–Crippen LogP) is 6.00. The molecule has 0 aliphatic heterocycles. The largest absolute Gasteiger partial charge is 0.382 e. The number of nitrogens with zero attached hydrogens (tertiary/aromatic N) is 3. The zero-order valence-electron chi connectivity index (χ0n) is 19.9. The van der Waals surface area contributed by atoms with E-state index < -0.39 is 16.1 Å². The lowest BCUT2D eigenvalue weighted by atomic mass is 10.0. The Morgan fingerprint density at radius 1 is 0.811 bits per heavy atom. The number of para-hydroxylation sites is 1. The number of benzene rings is 4.